The van der Waals surface area contributed by atoms with Crippen molar-refractivity contribution in [2.75, 3.05) is 28.8 Å². The molecule has 0 saturated carbocycles. The Hall–Kier alpha value is -3.32. The van der Waals surface area contributed by atoms with Crippen LogP contribution in [-0.4, -0.2) is 34.0 Å². The van der Waals surface area contributed by atoms with Crippen LogP contribution < -0.4 is 14.5 Å². The maximum Gasteiger partial charge on any atom is 0.264 e. The molecule has 0 heterocycles. The zero-order valence-electron chi connectivity index (χ0n) is 20.1. The first kappa shape index (κ1) is 25.3. The number of anilines is 2. The summed E-state index contributed by atoms with van der Waals surface area (Å²) in [5, 5.41) is 2.88. The van der Waals surface area contributed by atoms with Crippen LogP contribution in [0.5, 0.6) is 0 Å². The standard InChI is InChI=1S/C27H33N3O3S/c1-4-23-12-10-11-15-26(23)30(34(32,33)25-13-8-7-9-14-25)21-27(31)28-20-22-16-18-24(19-17-22)29(5-2)6-3/h7-19H,4-6,20-21H2,1-3H3,(H,28,31). The van der Waals surface area contributed by atoms with Gasteiger partial charge in [-0.15, -0.1) is 0 Å². The largest absolute Gasteiger partial charge is 0.372 e. The van der Waals surface area contributed by atoms with E-state index >= 15 is 0 Å². The summed E-state index contributed by atoms with van der Waals surface area (Å²) in [6.45, 7) is 8.08. The number of hydrogen-bond acceptors (Lipinski definition) is 4. The van der Waals surface area contributed by atoms with Crippen molar-refractivity contribution in [3.63, 3.8) is 0 Å². The lowest BCUT2D eigenvalue weighted by atomic mass is 10.1. The van der Waals surface area contributed by atoms with Crippen LogP contribution in [0, 0.1) is 0 Å². The molecule has 0 radical (unpaired) electrons. The maximum atomic E-state index is 13.5. The van der Waals surface area contributed by atoms with Crippen molar-refractivity contribution in [3.8, 4) is 0 Å². The number of nitrogens with one attached hydrogen (secondary N) is 1. The van der Waals surface area contributed by atoms with Gasteiger partial charge < -0.3 is 10.2 Å². The molecule has 34 heavy (non-hydrogen) atoms. The van der Waals surface area contributed by atoms with E-state index in [9.17, 15) is 13.2 Å². The van der Waals surface area contributed by atoms with Crippen molar-refractivity contribution >= 4 is 27.3 Å². The molecule has 0 unspecified atom stereocenters. The number of benzene rings is 3. The summed E-state index contributed by atoms with van der Waals surface area (Å²) < 4.78 is 28.2. The number of para-hydroxylation sites is 1. The number of sulfonamides is 1. The molecular weight excluding hydrogens is 446 g/mol. The first-order chi connectivity index (χ1) is 16.4. The lowest BCUT2D eigenvalue weighted by molar-refractivity contribution is -0.119. The fourth-order valence-electron chi connectivity index (χ4n) is 3.87. The highest BCUT2D eigenvalue weighted by molar-refractivity contribution is 7.92. The second kappa shape index (κ2) is 11.7. The van der Waals surface area contributed by atoms with Crippen molar-refractivity contribution in [2.45, 2.75) is 38.6 Å². The molecule has 7 heteroatoms. The summed E-state index contributed by atoms with van der Waals surface area (Å²) in [4.78, 5) is 15.3. The third-order valence-corrected chi connectivity index (χ3v) is 7.59. The number of aryl methyl sites for hydroxylation is 1. The Balaban J connectivity index is 1.79. The highest BCUT2D eigenvalue weighted by Crippen LogP contribution is 2.27. The Morgan fingerprint density at radius 2 is 1.44 bits per heavy atom. The topological polar surface area (TPSA) is 69.7 Å². The SMILES string of the molecule is CCc1ccccc1N(CC(=O)NCc1ccc(N(CC)CC)cc1)S(=O)(=O)c1ccccc1. The summed E-state index contributed by atoms with van der Waals surface area (Å²) in [5.41, 5.74) is 3.47. The fourth-order valence-corrected chi connectivity index (χ4v) is 5.35. The van der Waals surface area contributed by atoms with Crippen LogP contribution in [-0.2, 0) is 27.8 Å². The van der Waals surface area contributed by atoms with Crippen LogP contribution in [0.3, 0.4) is 0 Å². The van der Waals surface area contributed by atoms with E-state index in [2.05, 4.69) is 24.1 Å². The first-order valence-corrected chi connectivity index (χ1v) is 13.1. The lowest BCUT2D eigenvalue weighted by Gasteiger charge is -2.26. The van der Waals surface area contributed by atoms with Gasteiger partial charge in [0.2, 0.25) is 5.91 Å². The van der Waals surface area contributed by atoms with E-state index in [1.165, 1.54) is 4.31 Å². The van der Waals surface area contributed by atoms with Gasteiger partial charge in [0.25, 0.3) is 10.0 Å². The lowest BCUT2D eigenvalue weighted by Crippen LogP contribution is -2.41. The molecule has 0 bridgehead atoms. The zero-order valence-corrected chi connectivity index (χ0v) is 20.9. The Bertz CT molecular complexity index is 1180. The Morgan fingerprint density at radius 1 is 0.824 bits per heavy atom. The van der Waals surface area contributed by atoms with Gasteiger partial charge in [-0.05, 0) is 61.7 Å². The number of hydrogen-bond donors (Lipinski definition) is 1. The molecule has 3 aromatic rings. The van der Waals surface area contributed by atoms with Crippen LogP contribution in [0.1, 0.15) is 31.9 Å². The van der Waals surface area contributed by atoms with Crippen LogP contribution in [0.15, 0.2) is 83.8 Å². The molecule has 0 aliphatic heterocycles. The predicted octanol–water partition coefficient (Wildman–Crippen LogP) is 4.61. The quantitative estimate of drug-likeness (QED) is 0.436. The molecule has 0 fully saturated rings. The van der Waals surface area contributed by atoms with Gasteiger partial charge in [-0.1, -0.05) is 55.5 Å². The molecule has 1 N–H and O–H groups in total. The number of carbonyl (C=O) groups is 1. The van der Waals surface area contributed by atoms with Crippen molar-refractivity contribution < 1.29 is 13.2 Å². The monoisotopic (exact) mass is 479 g/mol. The minimum absolute atomic E-state index is 0.153. The van der Waals surface area contributed by atoms with Gasteiger partial charge in [-0.2, -0.15) is 0 Å². The molecule has 3 aromatic carbocycles. The van der Waals surface area contributed by atoms with E-state index < -0.39 is 10.0 Å². The van der Waals surface area contributed by atoms with Crippen LogP contribution in [0.4, 0.5) is 11.4 Å². The molecule has 0 aromatic heterocycles. The van der Waals surface area contributed by atoms with Crippen LogP contribution in [0.25, 0.3) is 0 Å². The number of amides is 1. The fraction of sp³-hybridized carbons (Fsp3) is 0.296. The van der Waals surface area contributed by atoms with E-state index in [1.807, 2.05) is 43.3 Å². The molecule has 0 aliphatic carbocycles. The minimum atomic E-state index is -3.92. The third-order valence-electron chi connectivity index (χ3n) is 5.81. The minimum Gasteiger partial charge on any atom is -0.372 e. The van der Waals surface area contributed by atoms with Gasteiger partial charge in [0.15, 0.2) is 0 Å². The Labute approximate surface area is 203 Å². The van der Waals surface area contributed by atoms with Gasteiger partial charge in [-0.3, -0.25) is 9.10 Å². The van der Waals surface area contributed by atoms with Gasteiger partial charge in [-0.25, -0.2) is 8.42 Å². The van der Waals surface area contributed by atoms with Crippen molar-refractivity contribution in [2.24, 2.45) is 0 Å². The van der Waals surface area contributed by atoms with Crippen LogP contribution >= 0.6 is 0 Å². The average molecular weight is 480 g/mol. The Kier molecular flexibility index (Phi) is 8.71. The van der Waals surface area contributed by atoms with E-state index in [4.69, 9.17) is 0 Å². The molecular formula is C27H33N3O3S. The molecule has 6 nitrogen and oxygen atoms in total. The third kappa shape index (κ3) is 5.97. The van der Waals surface area contributed by atoms with E-state index in [0.29, 0.717) is 18.7 Å². The first-order valence-electron chi connectivity index (χ1n) is 11.7. The Morgan fingerprint density at radius 3 is 2.06 bits per heavy atom. The zero-order chi connectivity index (χ0) is 24.6. The molecule has 3 rings (SSSR count). The molecule has 0 spiro atoms. The van der Waals surface area contributed by atoms with Gasteiger partial charge in [0.05, 0.1) is 10.6 Å². The summed E-state index contributed by atoms with van der Waals surface area (Å²) in [6, 6.07) is 23.6. The summed E-state index contributed by atoms with van der Waals surface area (Å²) in [6.07, 6.45) is 0.650. The maximum absolute atomic E-state index is 13.5. The summed E-state index contributed by atoms with van der Waals surface area (Å²) >= 11 is 0. The summed E-state index contributed by atoms with van der Waals surface area (Å²) in [7, 11) is -3.92. The van der Waals surface area contributed by atoms with Crippen molar-refractivity contribution in [1.82, 2.24) is 5.32 Å². The molecule has 0 aliphatic rings. The normalized spacial score (nSPS) is 11.1. The van der Waals surface area contributed by atoms with E-state index in [-0.39, 0.29) is 17.3 Å². The molecule has 1 amide bonds. The predicted molar refractivity (Wildman–Crippen MR) is 139 cm³/mol. The molecule has 0 atom stereocenters. The smallest absolute Gasteiger partial charge is 0.264 e. The van der Waals surface area contributed by atoms with Crippen molar-refractivity contribution in [1.29, 1.82) is 0 Å². The number of rotatable bonds is 11. The second-order valence-corrected chi connectivity index (χ2v) is 9.78. The van der Waals surface area contributed by atoms with Crippen LogP contribution in [0.2, 0.25) is 0 Å². The second-order valence-electron chi connectivity index (χ2n) is 7.92. The van der Waals surface area contributed by atoms with E-state index in [0.717, 1.165) is 29.9 Å². The van der Waals surface area contributed by atoms with Gasteiger partial charge in [0.1, 0.15) is 6.54 Å². The number of nitrogens with zero attached hydrogens (tertiary/aromatic N) is 2. The van der Waals surface area contributed by atoms with Gasteiger partial charge in [0, 0.05) is 25.3 Å². The highest BCUT2D eigenvalue weighted by atomic mass is 32.2. The van der Waals surface area contributed by atoms with Gasteiger partial charge >= 0.3 is 0 Å². The number of carbonyl (C=O) groups excluding carboxylic acids is 1. The average Bonchev–Trinajstić information content (AvgIpc) is 2.88. The molecule has 180 valence electrons. The molecule has 0 saturated heterocycles. The van der Waals surface area contributed by atoms with Crippen molar-refractivity contribution in [3.05, 3.63) is 90.0 Å². The highest BCUT2D eigenvalue weighted by Gasteiger charge is 2.28. The van der Waals surface area contributed by atoms with E-state index in [1.54, 1.807) is 42.5 Å². The summed E-state index contributed by atoms with van der Waals surface area (Å²) in [5.74, 6) is -0.363.